The van der Waals surface area contributed by atoms with Gasteiger partial charge in [0.2, 0.25) is 0 Å². The second-order valence-corrected chi connectivity index (χ2v) is 4.74. The minimum absolute atomic E-state index is 0.0595. The van der Waals surface area contributed by atoms with Gasteiger partial charge in [-0.15, -0.1) is 0 Å². The summed E-state index contributed by atoms with van der Waals surface area (Å²) < 4.78 is 5.19. The Bertz CT molecular complexity index is 629. The van der Waals surface area contributed by atoms with Crippen molar-refractivity contribution in [1.82, 2.24) is 5.32 Å². The van der Waals surface area contributed by atoms with Crippen LogP contribution in [-0.4, -0.2) is 31.3 Å². The minimum Gasteiger partial charge on any atom is -0.497 e. The smallest absolute Gasteiger partial charge is 0.253 e. The topological polar surface area (TPSA) is 70.6 Å². The summed E-state index contributed by atoms with van der Waals surface area (Å²) in [4.78, 5) is 12.2. The minimum atomic E-state index is -0.167. The second kappa shape index (κ2) is 8.05. The van der Waals surface area contributed by atoms with Gasteiger partial charge < -0.3 is 20.5 Å². The van der Waals surface area contributed by atoms with Crippen molar-refractivity contribution in [2.75, 3.05) is 25.6 Å². The molecule has 5 nitrogen and oxygen atoms in total. The molecule has 22 heavy (non-hydrogen) atoms. The van der Waals surface area contributed by atoms with Crippen molar-refractivity contribution in [3.05, 3.63) is 54.1 Å². The van der Waals surface area contributed by atoms with Gasteiger partial charge in [-0.05, 0) is 30.7 Å². The molecule has 0 aliphatic heterocycles. The molecule has 0 fully saturated rings. The number of ether oxygens (including phenoxy) is 1. The van der Waals surface area contributed by atoms with E-state index in [0.717, 1.165) is 17.1 Å². The molecule has 2 aromatic carbocycles. The zero-order valence-corrected chi connectivity index (χ0v) is 12.5. The molecule has 0 radical (unpaired) electrons. The van der Waals surface area contributed by atoms with Crippen molar-refractivity contribution in [3.63, 3.8) is 0 Å². The SMILES string of the molecule is COc1cccc(Nc2ccccc2C(=O)NCCCO)c1. The van der Waals surface area contributed by atoms with Crippen LogP contribution in [0.3, 0.4) is 0 Å². The number of carbonyl (C=O) groups is 1. The van der Waals surface area contributed by atoms with Crippen LogP contribution in [-0.2, 0) is 0 Å². The van der Waals surface area contributed by atoms with Gasteiger partial charge in [0.15, 0.2) is 0 Å². The zero-order valence-electron chi connectivity index (χ0n) is 12.5. The summed E-state index contributed by atoms with van der Waals surface area (Å²) in [7, 11) is 1.61. The first-order valence-electron chi connectivity index (χ1n) is 7.13. The Morgan fingerprint density at radius 1 is 1.18 bits per heavy atom. The molecule has 0 heterocycles. The van der Waals surface area contributed by atoms with Gasteiger partial charge in [0, 0.05) is 24.9 Å². The maximum absolute atomic E-state index is 12.2. The number of anilines is 2. The first-order chi connectivity index (χ1) is 10.7. The lowest BCUT2D eigenvalue weighted by Crippen LogP contribution is -2.25. The van der Waals surface area contributed by atoms with Crippen molar-refractivity contribution < 1.29 is 14.6 Å². The van der Waals surface area contributed by atoms with E-state index in [2.05, 4.69) is 10.6 Å². The predicted molar refractivity (Wildman–Crippen MR) is 86.8 cm³/mol. The highest BCUT2D eigenvalue weighted by Gasteiger charge is 2.10. The van der Waals surface area contributed by atoms with Crippen molar-refractivity contribution in [2.24, 2.45) is 0 Å². The van der Waals surface area contributed by atoms with E-state index in [9.17, 15) is 4.79 Å². The lowest BCUT2D eigenvalue weighted by atomic mass is 10.1. The van der Waals surface area contributed by atoms with Gasteiger partial charge in [-0.2, -0.15) is 0 Å². The number of aliphatic hydroxyl groups is 1. The Balaban J connectivity index is 2.15. The lowest BCUT2D eigenvalue weighted by Gasteiger charge is -2.12. The average Bonchev–Trinajstić information content (AvgIpc) is 2.55. The molecule has 3 N–H and O–H groups in total. The number of hydrogen-bond acceptors (Lipinski definition) is 4. The fourth-order valence-electron chi connectivity index (χ4n) is 2.02. The molecule has 0 saturated heterocycles. The fourth-order valence-corrected chi connectivity index (χ4v) is 2.02. The summed E-state index contributed by atoms with van der Waals surface area (Å²) in [6.07, 6.45) is 0.539. The van der Waals surface area contributed by atoms with Crippen molar-refractivity contribution >= 4 is 17.3 Å². The summed E-state index contributed by atoms with van der Waals surface area (Å²) in [6.45, 7) is 0.507. The Kier molecular flexibility index (Phi) is 5.80. The van der Waals surface area contributed by atoms with Gasteiger partial charge in [0.1, 0.15) is 5.75 Å². The van der Waals surface area contributed by atoms with Crippen LogP contribution in [0.25, 0.3) is 0 Å². The molecule has 2 aromatic rings. The molecule has 0 atom stereocenters. The van der Waals surface area contributed by atoms with Crippen LogP contribution in [0.5, 0.6) is 5.75 Å². The van der Waals surface area contributed by atoms with Crippen LogP contribution in [0.4, 0.5) is 11.4 Å². The number of aliphatic hydroxyl groups excluding tert-OH is 1. The Morgan fingerprint density at radius 3 is 2.77 bits per heavy atom. The first kappa shape index (κ1) is 15.9. The number of nitrogens with one attached hydrogen (secondary N) is 2. The first-order valence-corrected chi connectivity index (χ1v) is 7.13. The van der Waals surface area contributed by atoms with E-state index in [1.165, 1.54) is 0 Å². The van der Waals surface area contributed by atoms with Crippen molar-refractivity contribution in [1.29, 1.82) is 0 Å². The van der Waals surface area contributed by atoms with Gasteiger partial charge in [-0.3, -0.25) is 4.79 Å². The van der Waals surface area contributed by atoms with Gasteiger partial charge in [0.25, 0.3) is 5.91 Å². The molecule has 0 aromatic heterocycles. The highest BCUT2D eigenvalue weighted by molar-refractivity contribution is 6.00. The van der Waals surface area contributed by atoms with E-state index in [0.29, 0.717) is 18.5 Å². The number of rotatable bonds is 7. The molecule has 116 valence electrons. The van der Waals surface area contributed by atoms with E-state index in [4.69, 9.17) is 9.84 Å². The molecular formula is C17H20N2O3. The number of hydrogen-bond donors (Lipinski definition) is 3. The van der Waals surface area contributed by atoms with Crippen molar-refractivity contribution in [2.45, 2.75) is 6.42 Å². The predicted octanol–water partition coefficient (Wildman–Crippen LogP) is 2.55. The summed E-state index contributed by atoms with van der Waals surface area (Å²) >= 11 is 0. The molecule has 2 rings (SSSR count). The van der Waals surface area contributed by atoms with Crippen LogP contribution in [0, 0.1) is 0 Å². The van der Waals surface area contributed by atoms with E-state index in [1.54, 1.807) is 13.2 Å². The molecule has 1 amide bonds. The number of benzene rings is 2. The van der Waals surface area contributed by atoms with Crippen LogP contribution in [0.2, 0.25) is 0 Å². The standard InChI is InChI=1S/C17H20N2O3/c1-22-14-7-4-6-13(12-14)19-16-9-3-2-8-15(16)17(21)18-10-5-11-20/h2-4,6-9,12,19-20H,5,10-11H2,1H3,(H,18,21). The number of carbonyl (C=O) groups excluding carboxylic acids is 1. The second-order valence-electron chi connectivity index (χ2n) is 4.74. The number of para-hydroxylation sites is 1. The van der Waals surface area contributed by atoms with Gasteiger partial charge >= 0.3 is 0 Å². The Morgan fingerprint density at radius 2 is 2.00 bits per heavy atom. The Labute approximate surface area is 129 Å². The third kappa shape index (κ3) is 4.23. The maximum atomic E-state index is 12.2. The maximum Gasteiger partial charge on any atom is 0.253 e. The summed E-state index contributed by atoms with van der Waals surface area (Å²) in [6, 6.07) is 14.8. The Hall–Kier alpha value is -2.53. The van der Waals surface area contributed by atoms with Gasteiger partial charge in [-0.25, -0.2) is 0 Å². The van der Waals surface area contributed by atoms with Crippen LogP contribution < -0.4 is 15.4 Å². The van der Waals surface area contributed by atoms with Gasteiger partial charge in [-0.1, -0.05) is 18.2 Å². The molecular weight excluding hydrogens is 280 g/mol. The highest BCUT2D eigenvalue weighted by Crippen LogP contribution is 2.23. The molecule has 0 aliphatic carbocycles. The summed E-state index contributed by atoms with van der Waals surface area (Å²) in [5.41, 5.74) is 2.12. The van der Waals surface area contributed by atoms with E-state index >= 15 is 0 Å². The summed E-state index contributed by atoms with van der Waals surface area (Å²) in [5, 5.41) is 14.8. The molecule has 0 aliphatic rings. The van der Waals surface area contributed by atoms with E-state index in [1.807, 2.05) is 42.5 Å². The number of methoxy groups -OCH3 is 1. The van der Waals surface area contributed by atoms with Gasteiger partial charge in [0.05, 0.1) is 18.4 Å². The molecule has 5 heteroatoms. The molecule has 0 spiro atoms. The van der Waals surface area contributed by atoms with E-state index in [-0.39, 0.29) is 12.5 Å². The van der Waals surface area contributed by atoms with Crippen LogP contribution in [0.1, 0.15) is 16.8 Å². The number of amides is 1. The third-order valence-corrected chi connectivity index (χ3v) is 3.14. The zero-order chi connectivity index (χ0) is 15.8. The summed E-state index contributed by atoms with van der Waals surface area (Å²) in [5.74, 6) is 0.578. The molecule has 0 bridgehead atoms. The van der Waals surface area contributed by atoms with Crippen LogP contribution >= 0.6 is 0 Å². The van der Waals surface area contributed by atoms with Crippen LogP contribution in [0.15, 0.2) is 48.5 Å². The molecule has 0 saturated carbocycles. The lowest BCUT2D eigenvalue weighted by molar-refractivity contribution is 0.0952. The monoisotopic (exact) mass is 300 g/mol. The van der Waals surface area contributed by atoms with E-state index < -0.39 is 0 Å². The average molecular weight is 300 g/mol. The highest BCUT2D eigenvalue weighted by atomic mass is 16.5. The third-order valence-electron chi connectivity index (χ3n) is 3.14. The molecule has 0 unspecified atom stereocenters. The largest absolute Gasteiger partial charge is 0.497 e. The quantitative estimate of drug-likeness (QED) is 0.687. The van der Waals surface area contributed by atoms with Crippen molar-refractivity contribution in [3.8, 4) is 5.75 Å². The normalized spacial score (nSPS) is 10.1. The fraction of sp³-hybridized carbons (Fsp3) is 0.235.